The average Bonchev–Trinajstić information content (AvgIpc) is 2.92. The minimum atomic E-state index is 0.593. The zero-order valence-electron chi connectivity index (χ0n) is 26.1. The second kappa shape index (κ2) is 24.5. The van der Waals surface area contributed by atoms with E-state index in [1.165, 1.54) is 171 Å². The molecule has 0 amide bonds. The zero-order chi connectivity index (χ0) is 26.9. The van der Waals surface area contributed by atoms with Crippen molar-refractivity contribution in [3.63, 3.8) is 0 Å². The molecule has 0 aromatic heterocycles. The Hall–Kier alpha value is -0.563. The van der Waals surface area contributed by atoms with Crippen molar-refractivity contribution in [2.24, 2.45) is 0 Å². The summed E-state index contributed by atoms with van der Waals surface area (Å²) in [5, 5.41) is 0.593. The molecule has 0 saturated carbocycles. The minimum Gasteiger partial charge on any atom is -0.0654 e. The summed E-state index contributed by atoms with van der Waals surface area (Å²) < 4.78 is 0. The Morgan fingerprint density at radius 1 is 0.486 bits per heavy atom. The molecular formula is C36H68Si. The Balaban J connectivity index is 2.66. The van der Waals surface area contributed by atoms with Gasteiger partial charge in [-0.2, -0.15) is 0 Å². The Bertz CT molecular complexity index is 564. The smallest absolute Gasteiger partial charge is 0.0114 e. The van der Waals surface area contributed by atoms with Crippen LogP contribution in [0, 0.1) is 0 Å². The Labute approximate surface area is 238 Å². The summed E-state index contributed by atoms with van der Waals surface area (Å²) in [4.78, 5) is 0. The molecule has 0 bridgehead atoms. The summed E-state index contributed by atoms with van der Waals surface area (Å²) in [7, 11) is 1.35. The van der Waals surface area contributed by atoms with Gasteiger partial charge in [0.1, 0.15) is 0 Å². The van der Waals surface area contributed by atoms with Crippen molar-refractivity contribution < 1.29 is 0 Å². The van der Waals surface area contributed by atoms with Crippen molar-refractivity contribution in [1.82, 2.24) is 0 Å². The van der Waals surface area contributed by atoms with Gasteiger partial charge in [-0.25, -0.2) is 0 Å². The maximum absolute atomic E-state index is 2.47. The molecule has 1 aromatic rings. The van der Waals surface area contributed by atoms with Crippen LogP contribution in [0.15, 0.2) is 30.3 Å². The first-order chi connectivity index (χ1) is 18.2. The number of benzene rings is 1. The maximum Gasteiger partial charge on any atom is 0.0114 e. The molecule has 1 heteroatoms. The summed E-state index contributed by atoms with van der Waals surface area (Å²) in [5.74, 6) is 0.792. The Morgan fingerprint density at radius 3 is 1.24 bits per heavy atom. The van der Waals surface area contributed by atoms with Crippen molar-refractivity contribution >= 4 is 10.2 Å². The molecule has 0 aliphatic rings. The third kappa shape index (κ3) is 17.6. The molecule has 0 heterocycles. The molecule has 0 fully saturated rings. The standard InChI is InChI=1S/C36H68Si/c1-4-7-10-13-16-17-18-19-20-26-31-35(34-29-24-23-25-30-34)36(37,32-27-21-14-11-8-5-2)33-28-22-15-12-9-6-3/h23-25,29-30,35H,4-22,26-28,31-33H2,1-3,37H3. The van der Waals surface area contributed by atoms with E-state index in [-0.39, 0.29) is 0 Å². The SMILES string of the molecule is CCCCCCCCCCCCC(c1ccccc1)C([SiH3])(CCCCCCCC)CCCCCCCC. The lowest BCUT2D eigenvalue weighted by Crippen LogP contribution is -2.23. The van der Waals surface area contributed by atoms with Crippen LogP contribution < -0.4 is 0 Å². The first-order valence-electron chi connectivity index (χ1n) is 17.2. The van der Waals surface area contributed by atoms with Gasteiger partial charge in [-0.05, 0) is 22.9 Å². The van der Waals surface area contributed by atoms with Gasteiger partial charge in [-0.3, -0.25) is 0 Å². The predicted molar refractivity (Wildman–Crippen MR) is 174 cm³/mol. The summed E-state index contributed by atoms with van der Waals surface area (Å²) >= 11 is 0. The van der Waals surface area contributed by atoms with E-state index in [4.69, 9.17) is 0 Å². The molecule has 0 aliphatic carbocycles. The van der Waals surface area contributed by atoms with E-state index in [0.717, 1.165) is 5.92 Å². The molecule has 0 nitrogen and oxygen atoms in total. The van der Waals surface area contributed by atoms with Gasteiger partial charge in [-0.1, -0.05) is 205 Å². The van der Waals surface area contributed by atoms with Crippen molar-refractivity contribution in [3.05, 3.63) is 35.9 Å². The van der Waals surface area contributed by atoms with E-state index in [0.29, 0.717) is 5.04 Å². The lowest BCUT2D eigenvalue weighted by atomic mass is 9.75. The third-order valence-corrected chi connectivity index (χ3v) is 10.8. The van der Waals surface area contributed by atoms with Gasteiger partial charge < -0.3 is 0 Å². The molecule has 1 atom stereocenters. The number of hydrogen-bond donors (Lipinski definition) is 0. The van der Waals surface area contributed by atoms with E-state index < -0.39 is 0 Å². The second-order valence-corrected chi connectivity index (χ2v) is 14.6. The molecule has 0 N–H and O–H groups in total. The van der Waals surface area contributed by atoms with Crippen molar-refractivity contribution in [2.75, 3.05) is 0 Å². The van der Waals surface area contributed by atoms with Crippen LogP contribution in [-0.2, 0) is 0 Å². The summed E-state index contributed by atoms with van der Waals surface area (Å²) in [6.07, 6.45) is 36.1. The van der Waals surface area contributed by atoms with Crippen LogP contribution in [-0.4, -0.2) is 10.2 Å². The number of rotatable bonds is 27. The van der Waals surface area contributed by atoms with E-state index in [9.17, 15) is 0 Å². The van der Waals surface area contributed by atoms with E-state index >= 15 is 0 Å². The predicted octanol–water partition coefficient (Wildman–Crippen LogP) is 12.1. The van der Waals surface area contributed by atoms with Crippen LogP contribution in [0.4, 0.5) is 0 Å². The van der Waals surface area contributed by atoms with E-state index in [1.54, 1.807) is 5.56 Å². The first kappa shape index (κ1) is 34.5. The average molecular weight is 529 g/mol. The van der Waals surface area contributed by atoms with Gasteiger partial charge in [0.15, 0.2) is 0 Å². The van der Waals surface area contributed by atoms with Gasteiger partial charge in [-0.15, -0.1) is 0 Å². The fraction of sp³-hybridized carbons (Fsp3) is 0.833. The van der Waals surface area contributed by atoms with Crippen molar-refractivity contribution in [3.8, 4) is 0 Å². The summed E-state index contributed by atoms with van der Waals surface area (Å²) in [6.45, 7) is 6.99. The molecular weight excluding hydrogens is 460 g/mol. The number of hydrogen-bond acceptors (Lipinski definition) is 0. The normalized spacial score (nSPS) is 12.8. The van der Waals surface area contributed by atoms with Gasteiger partial charge in [0.05, 0.1) is 0 Å². The van der Waals surface area contributed by atoms with Crippen LogP contribution in [0.3, 0.4) is 0 Å². The van der Waals surface area contributed by atoms with Crippen LogP contribution in [0.2, 0.25) is 5.04 Å². The highest BCUT2D eigenvalue weighted by Crippen LogP contribution is 2.51. The van der Waals surface area contributed by atoms with E-state index in [1.807, 2.05) is 0 Å². The highest BCUT2D eigenvalue weighted by molar-refractivity contribution is 6.15. The largest absolute Gasteiger partial charge is 0.0654 e. The van der Waals surface area contributed by atoms with Crippen LogP contribution in [0.1, 0.15) is 193 Å². The van der Waals surface area contributed by atoms with Crippen LogP contribution in [0.25, 0.3) is 0 Å². The summed E-state index contributed by atoms with van der Waals surface area (Å²) in [5.41, 5.74) is 1.66. The Kier molecular flexibility index (Phi) is 22.8. The highest BCUT2D eigenvalue weighted by atomic mass is 28.1. The lowest BCUT2D eigenvalue weighted by Gasteiger charge is -2.39. The lowest BCUT2D eigenvalue weighted by molar-refractivity contribution is 0.341. The molecule has 1 unspecified atom stereocenters. The van der Waals surface area contributed by atoms with Gasteiger partial charge in [0.2, 0.25) is 0 Å². The van der Waals surface area contributed by atoms with Crippen LogP contribution >= 0.6 is 0 Å². The molecule has 0 aliphatic heterocycles. The molecule has 37 heavy (non-hydrogen) atoms. The maximum atomic E-state index is 2.47. The quantitative estimate of drug-likeness (QED) is 0.0786. The molecule has 1 aromatic carbocycles. The fourth-order valence-corrected chi connectivity index (χ4v) is 7.86. The van der Waals surface area contributed by atoms with Gasteiger partial charge in [0, 0.05) is 10.2 Å². The topological polar surface area (TPSA) is 0 Å². The molecule has 216 valence electrons. The molecule has 0 saturated heterocycles. The van der Waals surface area contributed by atoms with E-state index in [2.05, 4.69) is 51.1 Å². The number of unbranched alkanes of at least 4 members (excludes halogenated alkanes) is 19. The molecule has 1 rings (SSSR count). The molecule has 0 spiro atoms. The van der Waals surface area contributed by atoms with Crippen molar-refractivity contribution in [1.29, 1.82) is 0 Å². The minimum absolute atomic E-state index is 0.593. The third-order valence-electron chi connectivity index (χ3n) is 9.09. The highest BCUT2D eigenvalue weighted by Gasteiger charge is 2.33. The van der Waals surface area contributed by atoms with Crippen molar-refractivity contribution in [2.45, 2.75) is 192 Å². The van der Waals surface area contributed by atoms with Gasteiger partial charge in [0.25, 0.3) is 0 Å². The van der Waals surface area contributed by atoms with Gasteiger partial charge >= 0.3 is 0 Å². The summed E-state index contributed by atoms with van der Waals surface area (Å²) in [6, 6.07) is 11.8. The first-order valence-corrected chi connectivity index (χ1v) is 18.2. The second-order valence-electron chi connectivity index (χ2n) is 12.6. The molecule has 0 radical (unpaired) electrons. The zero-order valence-corrected chi connectivity index (χ0v) is 28.1. The Morgan fingerprint density at radius 2 is 0.838 bits per heavy atom. The van der Waals surface area contributed by atoms with Crippen LogP contribution in [0.5, 0.6) is 0 Å². The monoisotopic (exact) mass is 529 g/mol. The fourth-order valence-electron chi connectivity index (χ4n) is 6.53.